The number of aliphatic carboxylic acids is 1. The third-order valence-electron chi connectivity index (χ3n) is 6.33. The highest BCUT2D eigenvalue weighted by Crippen LogP contribution is 2.41. The summed E-state index contributed by atoms with van der Waals surface area (Å²) in [5.41, 5.74) is 6.60. The molecule has 4 rings (SSSR count). The molecule has 4 N–H and O–H groups in total. The number of nitrogens with zero attached hydrogens (tertiary/aromatic N) is 4. The molecule has 1 unspecified atom stereocenters. The quantitative estimate of drug-likeness (QED) is 0.109. The van der Waals surface area contributed by atoms with Crippen molar-refractivity contribution in [2.24, 2.45) is 5.16 Å². The van der Waals surface area contributed by atoms with Crippen LogP contribution in [0.15, 0.2) is 34.5 Å². The number of likely N-dealkylation sites (tertiary alicyclic amines) is 1. The smallest absolute Gasteiger partial charge is 0.352 e. The molecule has 0 radical (unpaired) electrons. The van der Waals surface area contributed by atoms with E-state index in [1.54, 1.807) is 5.38 Å². The highest BCUT2D eigenvalue weighted by atomic mass is 32.2. The zero-order chi connectivity index (χ0) is 25.2. The number of amides is 2. The van der Waals surface area contributed by atoms with E-state index in [-0.39, 0.29) is 28.8 Å². The molecular weight excluding hydrogens is 492 g/mol. The molecule has 1 aromatic heterocycles. The number of carbonyl (C=O) groups is 3. The van der Waals surface area contributed by atoms with Crippen molar-refractivity contribution in [3.8, 4) is 0 Å². The van der Waals surface area contributed by atoms with E-state index in [1.807, 2.05) is 0 Å². The van der Waals surface area contributed by atoms with Crippen LogP contribution in [0.2, 0.25) is 0 Å². The molecule has 0 saturated carbocycles. The van der Waals surface area contributed by atoms with Gasteiger partial charge in [-0.1, -0.05) is 17.8 Å². The van der Waals surface area contributed by atoms with Gasteiger partial charge >= 0.3 is 5.97 Å². The predicted molar refractivity (Wildman–Crippen MR) is 134 cm³/mol. The largest absolute Gasteiger partial charge is 0.477 e. The van der Waals surface area contributed by atoms with Gasteiger partial charge in [0.15, 0.2) is 10.8 Å². The number of likely N-dealkylation sites (N-methyl/N-ethyl adjacent to an activating group) is 1. The summed E-state index contributed by atoms with van der Waals surface area (Å²) in [4.78, 5) is 48.8. The highest BCUT2D eigenvalue weighted by Gasteiger charge is 2.55. The Hall–Kier alpha value is -2.90. The third kappa shape index (κ3) is 5.21. The molecule has 3 aliphatic rings. The van der Waals surface area contributed by atoms with Gasteiger partial charge in [-0.25, -0.2) is 9.78 Å². The van der Waals surface area contributed by atoms with Crippen molar-refractivity contribution in [1.29, 1.82) is 0 Å². The number of quaternary nitrogens is 1. The van der Waals surface area contributed by atoms with Crippen molar-refractivity contribution in [3.05, 3.63) is 35.0 Å². The van der Waals surface area contributed by atoms with Crippen molar-refractivity contribution in [1.82, 2.24) is 15.2 Å². The molecule has 3 aliphatic heterocycles. The average Bonchev–Trinajstić information content (AvgIpc) is 3.25. The third-order valence-corrected chi connectivity index (χ3v) is 8.35. The summed E-state index contributed by atoms with van der Waals surface area (Å²) >= 11 is 2.60. The van der Waals surface area contributed by atoms with Gasteiger partial charge in [-0.15, -0.1) is 23.1 Å². The number of carbonyl (C=O) groups excluding carboxylic acids is 2. The number of carboxylic acids is 1. The first kappa shape index (κ1) is 25.2. The maximum absolute atomic E-state index is 13.1. The fraction of sp³-hybridized carbons (Fsp3) is 0.500. The first-order valence-corrected chi connectivity index (χ1v) is 13.2. The van der Waals surface area contributed by atoms with Crippen LogP contribution in [0.5, 0.6) is 0 Å². The molecule has 11 nitrogen and oxygen atoms in total. The number of thioether (sulfide) groups is 1. The lowest BCUT2D eigenvalue weighted by Gasteiger charge is -2.50. The molecule has 0 bridgehead atoms. The second kappa shape index (κ2) is 10.4. The maximum Gasteiger partial charge on any atom is 0.352 e. The van der Waals surface area contributed by atoms with E-state index < -0.39 is 29.2 Å². The minimum Gasteiger partial charge on any atom is -0.477 e. The molecule has 1 aromatic rings. The number of piperidine rings is 1. The topological polar surface area (TPSA) is 147 Å². The SMILES string of the molecule is C=CCO/N=C(\C(=O)NC1C(=O)N2C(C(=O)O)=C(C[N+]3(C)CCCCC3)CS[C@@H]12)c1csc(N)n1. The summed E-state index contributed by atoms with van der Waals surface area (Å²) in [6.07, 6.45) is 4.90. The number of β-lactam (4-membered cyclic amide) rings is 1. The second-order valence-corrected chi connectivity index (χ2v) is 11.0. The number of aromatic nitrogens is 1. The lowest BCUT2D eigenvalue weighted by molar-refractivity contribution is -0.909. The number of hydrogen-bond acceptors (Lipinski definition) is 9. The van der Waals surface area contributed by atoms with E-state index in [0.717, 1.165) is 47.3 Å². The average molecular weight is 522 g/mol. The van der Waals surface area contributed by atoms with Gasteiger partial charge in [-0.05, 0) is 19.3 Å². The van der Waals surface area contributed by atoms with Gasteiger partial charge in [0, 0.05) is 16.7 Å². The van der Waals surface area contributed by atoms with Crippen molar-refractivity contribution in [2.75, 3.05) is 44.8 Å². The molecule has 0 spiro atoms. The number of rotatable bonds is 9. The Bertz CT molecular complexity index is 1090. The van der Waals surface area contributed by atoms with E-state index in [2.05, 4.69) is 29.1 Å². The summed E-state index contributed by atoms with van der Waals surface area (Å²) in [6, 6.07) is -0.885. The summed E-state index contributed by atoms with van der Waals surface area (Å²) in [5, 5.41) is 17.8. The highest BCUT2D eigenvalue weighted by molar-refractivity contribution is 8.00. The number of nitrogen functional groups attached to an aromatic ring is 1. The number of nitrogens with two attached hydrogens (primary N) is 1. The van der Waals surface area contributed by atoms with Crippen LogP contribution in [-0.2, 0) is 19.2 Å². The Morgan fingerprint density at radius 3 is 2.80 bits per heavy atom. The lowest BCUT2D eigenvalue weighted by Crippen LogP contribution is -2.71. The predicted octanol–water partition coefficient (Wildman–Crippen LogP) is 1.00. The first-order chi connectivity index (χ1) is 16.7. The molecule has 2 saturated heterocycles. The van der Waals surface area contributed by atoms with E-state index in [0.29, 0.717) is 12.3 Å². The molecule has 2 fully saturated rings. The van der Waals surface area contributed by atoms with E-state index in [1.165, 1.54) is 29.2 Å². The number of carboxylic acid groups (broad SMARTS) is 1. The zero-order valence-corrected chi connectivity index (χ0v) is 21.1. The molecular formula is C22H29N6O5S2+. The fourth-order valence-corrected chi connectivity index (χ4v) is 6.55. The molecule has 0 aromatic carbocycles. The van der Waals surface area contributed by atoms with Gasteiger partial charge in [-0.2, -0.15) is 0 Å². The maximum atomic E-state index is 13.1. The second-order valence-electron chi connectivity index (χ2n) is 9.00. The number of oxime groups is 1. The Balaban J connectivity index is 1.51. The van der Waals surface area contributed by atoms with Crippen LogP contribution in [0.4, 0.5) is 5.13 Å². The lowest BCUT2D eigenvalue weighted by atomic mass is 10.0. The number of hydrogen-bond donors (Lipinski definition) is 3. The monoisotopic (exact) mass is 521 g/mol. The first-order valence-electron chi connectivity index (χ1n) is 11.3. The number of fused-ring (bicyclic) bond motifs is 1. The van der Waals surface area contributed by atoms with Crippen LogP contribution in [-0.4, -0.2) is 93.4 Å². The van der Waals surface area contributed by atoms with E-state index >= 15 is 0 Å². The molecule has 13 heteroatoms. The van der Waals surface area contributed by atoms with Gasteiger partial charge in [0.05, 0.1) is 20.1 Å². The van der Waals surface area contributed by atoms with Crippen molar-refractivity contribution < 1.29 is 28.8 Å². The van der Waals surface area contributed by atoms with Crippen LogP contribution < -0.4 is 11.1 Å². The Morgan fingerprint density at radius 2 is 2.17 bits per heavy atom. The minimum atomic E-state index is -1.12. The minimum absolute atomic E-state index is 0.0460. The summed E-state index contributed by atoms with van der Waals surface area (Å²) in [6.45, 7) is 6.21. The summed E-state index contributed by atoms with van der Waals surface area (Å²) < 4.78 is 0.779. The van der Waals surface area contributed by atoms with Crippen LogP contribution in [0.1, 0.15) is 25.0 Å². The van der Waals surface area contributed by atoms with Gasteiger partial charge < -0.3 is 25.5 Å². The molecule has 188 valence electrons. The number of anilines is 1. The van der Waals surface area contributed by atoms with Crippen molar-refractivity contribution >= 4 is 51.7 Å². The Kier molecular flexibility index (Phi) is 7.47. The van der Waals surface area contributed by atoms with E-state index in [4.69, 9.17) is 10.6 Å². The normalized spacial score (nSPS) is 23.9. The molecule has 0 aliphatic carbocycles. The van der Waals surface area contributed by atoms with Gasteiger partial charge in [-0.3, -0.25) is 14.5 Å². The van der Waals surface area contributed by atoms with Crippen LogP contribution in [0.25, 0.3) is 0 Å². The van der Waals surface area contributed by atoms with Gasteiger partial charge in [0.2, 0.25) is 0 Å². The number of thiazole rings is 1. The molecule has 35 heavy (non-hydrogen) atoms. The van der Waals surface area contributed by atoms with E-state index in [9.17, 15) is 19.5 Å². The summed E-state index contributed by atoms with van der Waals surface area (Å²) in [7, 11) is 2.14. The Morgan fingerprint density at radius 1 is 1.43 bits per heavy atom. The van der Waals surface area contributed by atoms with Crippen LogP contribution in [0.3, 0.4) is 0 Å². The van der Waals surface area contributed by atoms with Crippen molar-refractivity contribution in [2.45, 2.75) is 30.7 Å². The fourth-order valence-electron chi connectivity index (χ4n) is 4.66. The standard InChI is InChI=1S/C22H28N6O5S2/c1-3-9-33-26-15(14-12-35-22(23)24-14)18(29)25-16-19(30)27-17(21(31)32)13(11-34-20(16)27)10-28(2)7-5-4-6-8-28/h3,12,16,20H,1,4-11H2,2H3,(H3-,23,24,25,29,31,32)/p+1/b26-15-/t16?,20-/m0/s1. The molecule has 2 atom stereocenters. The molecule has 4 heterocycles. The number of nitrogens with one attached hydrogen (secondary N) is 1. The van der Waals surface area contributed by atoms with Gasteiger partial charge in [0.1, 0.15) is 36.0 Å². The van der Waals surface area contributed by atoms with Crippen LogP contribution >= 0.6 is 23.1 Å². The van der Waals surface area contributed by atoms with Crippen LogP contribution in [0, 0.1) is 0 Å². The van der Waals surface area contributed by atoms with Gasteiger partial charge in [0.25, 0.3) is 11.8 Å². The Labute approximate surface area is 211 Å². The molecule has 2 amide bonds. The van der Waals surface area contributed by atoms with Crippen molar-refractivity contribution in [3.63, 3.8) is 0 Å². The zero-order valence-electron chi connectivity index (χ0n) is 19.4. The summed E-state index contributed by atoms with van der Waals surface area (Å²) in [5.74, 6) is -1.75.